The minimum atomic E-state index is -0.525. The summed E-state index contributed by atoms with van der Waals surface area (Å²) < 4.78 is 5.73. The van der Waals surface area contributed by atoms with E-state index in [0.717, 1.165) is 17.1 Å². The van der Waals surface area contributed by atoms with Gasteiger partial charge in [0, 0.05) is 18.3 Å². The summed E-state index contributed by atoms with van der Waals surface area (Å²) in [5, 5.41) is 5.97. The number of nitrogens with one attached hydrogen (secondary N) is 1. The second kappa shape index (κ2) is 7.79. The molecule has 0 aliphatic carbocycles. The van der Waals surface area contributed by atoms with Crippen LogP contribution < -0.4 is 10.1 Å². The first-order valence-corrected chi connectivity index (χ1v) is 9.09. The molecule has 1 atom stereocenters. The number of amides is 1. The van der Waals surface area contributed by atoms with Crippen LogP contribution in [0, 0.1) is 6.92 Å². The maximum atomic E-state index is 12.1. The number of aromatic nitrogens is 1. The smallest absolute Gasteiger partial charge is 0.260 e. The molecule has 130 valence electrons. The van der Waals surface area contributed by atoms with E-state index in [1.54, 1.807) is 18.3 Å². The molecule has 0 aliphatic heterocycles. The van der Waals surface area contributed by atoms with E-state index in [2.05, 4.69) is 31.1 Å². The largest absolute Gasteiger partial charge is 0.481 e. The molecule has 2 aromatic rings. The molecule has 0 saturated heterocycles. The molecule has 0 bridgehead atoms. The second-order valence-corrected chi connectivity index (χ2v) is 8.00. The first-order chi connectivity index (χ1) is 11.3. The Morgan fingerprint density at radius 3 is 2.50 bits per heavy atom. The number of benzene rings is 1. The molecule has 0 aliphatic rings. The van der Waals surface area contributed by atoms with Gasteiger partial charge >= 0.3 is 0 Å². The molecule has 0 radical (unpaired) electrons. The predicted molar refractivity (Wildman–Crippen MR) is 98.8 cm³/mol. The summed E-state index contributed by atoms with van der Waals surface area (Å²) in [6.45, 7) is 10.8. The third kappa shape index (κ3) is 5.34. The van der Waals surface area contributed by atoms with Crippen LogP contribution in [0.25, 0.3) is 0 Å². The van der Waals surface area contributed by atoms with Crippen LogP contribution in [0.4, 0.5) is 0 Å². The summed E-state index contributed by atoms with van der Waals surface area (Å²) in [5.41, 5.74) is 2.37. The van der Waals surface area contributed by atoms with Crippen LogP contribution in [-0.4, -0.2) is 23.5 Å². The topological polar surface area (TPSA) is 51.2 Å². The Morgan fingerprint density at radius 2 is 1.96 bits per heavy atom. The first kappa shape index (κ1) is 18.5. The Balaban J connectivity index is 1.80. The van der Waals surface area contributed by atoms with Crippen molar-refractivity contribution in [3.8, 4) is 5.75 Å². The molecule has 24 heavy (non-hydrogen) atoms. The molecule has 1 unspecified atom stereocenters. The zero-order valence-electron chi connectivity index (χ0n) is 15.1. The van der Waals surface area contributed by atoms with Crippen LogP contribution in [0.1, 0.15) is 44.0 Å². The Bertz CT molecular complexity index is 671. The lowest BCUT2D eigenvalue weighted by molar-refractivity contribution is -0.127. The minimum absolute atomic E-state index is 0.107. The van der Waals surface area contributed by atoms with Gasteiger partial charge in [0.05, 0.1) is 10.7 Å². The molecule has 0 saturated carbocycles. The zero-order chi connectivity index (χ0) is 17.7. The number of aryl methyl sites for hydroxylation is 1. The maximum absolute atomic E-state index is 12.1. The number of thiazole rings is 1. The highest BCUT2D eigenvalue weighted by Crippen LogP contribution is 2.24. The van der Waals surface area contributed by atoms with Gasteiger partial charge in [-0.2, -0.15) is 0 Å². The monoisotopic (exact) mass is 346 g/mol. The molecule has 2 rings (SSSR count). The average molecular weight is 346 g/mol. The normalized spacial score (nSPS) is 12.7. The van der Waals surface area contributed by atoms with Crippen molar-refractivity contribution < 1.29 is 9.53 Å². The SMILES string of the molecule is Cc1nc(CCNC(=O)C(C)Oc2ccc(C(C)(C)C)cc2)cs1. The van der Waals surface area contributed by atoms with Gasteiger partial charge in [0.1, 0.15) is 5.75 Å². The van der Waals surface area contributed by atoms with Gasteiger partial charge in [-0.15, -0.1) is 11.3 Å². The minimum Gasteiger partial charge on any atom is -0.481 e. The van der Waals surface area contributed by atoms with Gasteiger partial charge in [0.25, 0.3) is 5.91 Å². The Kier molecular flexibility index (Phi) is 5.99. The van der Waals surface area contributed by atoms with Gasteiger partial charge in [-0.05, 0) is 37.0 Å². The molecule has 1 aromatic heterocycles. The molecular weight excluding hydrogens is 320 g/mol. The summed E-state index contributed by atoms with van der Waals surface area (Å²) in [7, 11) is 0. The van der Waals surface area contributed by atoms with E-state index in [-0.39, 0.29) is 11.3 Å². The van der Waals surface area contributed by atoms with Crippen molar-refractivity contribution in [1.82, 2.24) is 10.3 Å². The molecule has 1 aromatic carbocycles. The number of rotatable bonds is 6. The average Bonchev–Trinajstić information content (AvgIpc) is 2.92. The van der Waals surface area contributed by atoms with E-state index in [1.165, 1.54) is 5.56 Å². The van der Waals surface area contributed by atoms with Crippen LogP contribution in [0.5, 0.6) is 5.75 Å². The quantitative estimate of drug-likeness (QED) is 0.864. The molecular formula is C19H26N2O2S. The maximum Gasteiger partial charge on any atom is 0.260 e. The number of carbonyl (C=O) groups excluding carboxylic acids is 1. The fourth-order valence-electron chi connectivity index (χ4n) is 2.27. The fraction of sp³-hybridized carbons (Fsp3) is 0.474. The van der Waals surface area contributed by atoms with Gasteiger partial charge in [-0.1, -0.05) is 32.9 Å². The number of hydrogen-bond donors (Lipinski definition) is 1. The molecule has 1 N–H and O–H groups in total. The first-order valence-electron chi connectivity index (χ1n) is 8.21. The van der Waals surface area contributed by atoms with Crippen LogP contribution in [-0.2, 0) is 16.6 Å². The molecule has 4 nitrogen and oxygen atoms in total. The number of ether oxygens (including phenoxy) is 1. The van der Waals surface area contributed by atoms with E-state index in [1.807, 2.05) is 36.6 Å². The standard InChI is InChI=1S/C19H26N2O2S/c1-13(18(22)20-11-10-16-12-24-14(2)21-16)23-17-8-6-15(7-9-17)19(3,4)5/h6-9,12-13H,10-11H2,1-5H3,(H,20,22). The van der Waals surface area contributed by atoms with Crippen LogP contribution in [0.3, 0.4) is 0 Å². The molecule has 0 fully saturated rings. The van der Waals surface area contributed by atoms with Gasteiger partial charge in [0.15, 0.2) is 6.10 Å². The predicted octanol–water partition coefficient (Wildman–Crippen LogP) is 3.88. The molecule has 1 heterocycles. The van der Waals surface area contributed by atoms with Crippen molar-refractivity contribution in [1.29, 1.82) is 0 Å². The molecule has 5 heteroatoms. The van der Waals surface area contributed by atoms with E-state index >= 15 is 0 Å². The summed E-state index contributed by atoms with van der Waals surface area (Å²) in [6.07, 6.45) is 0.214. The van der Waals surface area contributed by atoms with Crippen molar-refractivity contribution in [2.75, 3.05) is 6.54 Å². The zero-order valence-corrected chi connectivity index (χ0v) is 15.9. The van der Waals surface area contributed by atoms with E-state index in [4.69, 9.17) is 4.74 Å². The lowest BCUT2D eigenvalue weighted by atomic mass is 9.87. The lowest BCUT2D eigenvalue weighted by Crippen LogP contribution is -2.37. The van der Waals surface area contributed by atoms with Crippen molar-refractivity contribution >= 4 is 17.2 Å². The number of hydrogen-bond acceptors (Lipinski definition) is 4. The third-order valence-corrected chi connectivity index (χ3v) is 4.57. The van der Waals surface area contributed by atoms with Gasteiger partial charge in [-0.25, -0.2) is 4.98 Å². The van der Waals surface area contributed by atoms with Crippen LogP contribution >= 0.6 is 11.3 Å². The summed E-state index contributed by atoms with van der Waals surface area (Å²) in [6, 6.07) is 7.93. The van der Waals surface area contributed by atoms with Crippen LogP contribution in [0.2, 0.25) is 0 Å². The van der Waals surface area contributed by atoms with E-state index < -0.39 is 6.10 Å². The highest BCUT2D eigenvalue weighted by molar-refractivity contribution is 7.09. The molecule has 1 amide bonds. The van der Waals surface area contributed by atoms with Crippen LogP contribution in [0.15, 0.2) is 29.6 Å². The van der Waals surface area contributed by atoms with Gasteiger partial charge < -0.3 is 10.1 Å². The fourth-order valence-corrected chi connectivity index (χ4v) is 2.92. The Hall–Kier alpha value is -1.88. The van der Waals surface area contributed by atoms with E-state index in [0.29, 0.717) is 12.3 Å². The van der Waals surface area contributed by atoms with Gasteiger partial charge in [0.2, 0.25) is 0 Å². The molecule has 0 spiro atoms. The lowest BCUT2D eigenvalue weighted by Gasteiger charge is -2.20. The second-order valence-electron chi connectivity index (χ2n) is 6.93. The van der Waals surface area contributed by atoms with Crippen molar-refractivity contribution in [3.63, 3.8) is 0 Å². The Morgan fingerprint density at radius 1 is 1.29 bits per heavy atom. The third-order valence-electron chi connectivity index (χ3n) is 3.75. The highest BCUT2D eigenvalue weighted by atomic mass is 32.1. The van der Waals surface area contributed by atoms with Gasteiger partial charge in [-0.3, -0.25) is 4.79 Å². The Labute approximate surface area is 148 Å². The number of nitrogens with zero attached hydrogens (tertiary/aromatic N) is 1. The number of carbonyl (C=O) groups is 1. The summed E-state index contributed by atoms with van der Waals surface area (Å²) in [5.74, 6) is 0.600. The van der Waals surface area contributed by atoms with Crippen molar-refractivity contribution in [2.45, 2.75) is 52.6 Å². The highest BCUT2D eigenvalue weighted by Gasteiger charge is 2.16. The summed E-state index contributed by atoms with van der Waals surface area (Å²) in [4.78, 5) is 16.5. The summed E-state index contributed by atoms with van der Waals surface area (Å²) >= 11 is 1.63. The van der Waals surface area contributed by atoms with Crippen molar-refractivity contribution in [2.24, 2.45) is 0 Å². The van der Waals surface area contributed by atoms with E-state index in [9.17, 15) is 4.79 Å². The van der Waals surface area contributed by atoms with Crippen molar-refractivity contribution in [3.05, 3.63) is 45.9 Å².